The van der Waals surface area contributed by atoms with E-state index in [0.717, 1.165) is 16.7 Å². The molecule has 2 aromatic rings. The molecule has 0 spiro atoms. The molecule has 1 atom stereocenters. The van der Waals surface area contributed by atoms with Gasteiger partial charge in [0.1, 0.15) is 0 Å². The number of hydrogen-bond donors (Lipinski definition) is 0. The van der Waals surface area contributed by atoms with Crippen LogP contribution in [0.4, 0.5) is 0 Å². The summed E-state index contributed by atoms with van der Waals surface area (Å²) in [7, 11) is -3.55. The van der Waals surface area contributed by atoms with E-state index in [4.69, 9.17) is 16.3 Å². The van der Waals surface area contributed by atoms with E-state index in [1.807, 2.05) is 44.2 Å². The second kappa shape index (κ2) is 6.84. The fourth-order valence-electron chi connectivity index (χ4n) is 3.00. The van der Waals surface area contributed by atoms with Gasteiger partial charge >= 0.3 is 0 Å². The van der Waals surface area contributed by atoms with Gasteiger partial charge in [0.15, 0.2) is 0 Å². The highest BCUT2D eigenvalue weighted by molar-refractivity contribution is 7.89. The van der Waals surface area contributed by atoms with E-state index in [1.165, 1.54) is 4.31 Å². The normalized spacial score (nSPS) is 19.4. The first-order valence-electron chi connectivity index (χ1n) is 7.83. The van der Waals surface area contributed by atoms with E-state index < -0.39 is 10.0 Å². The minimum absolute atomic E-state index is 0.263. The van der Waals surface area contributed by atoms with Crippen LogP contribution >= 0.6 is 11.6 Å². The van der Waals surface area contributed by atoms with Crippen molar-refractivity contribution in [2.24, 2.45) is 0 Å². The number of halogens is 1. The number of sulfonamides is 1. The van der Waals surface area contributed by atoms with Crippen LogP contribution in [0.1, 0.15) is 22.8 Å². The van der Waals surface area contributed by atoms with E-state index in [-0.39, 0.29) is 12.6 Å². The Morgan fingerprint density at radius 2 is 1.92 bits per heavy atom. The molecule has 1 saturated heterocycles. The van der Waals surface area contributed by atoms with Crippen molar-refractivity contribution in [2.75, 3.05) is 19.7 Å². The number of morpholine rings is 1. The first-order valence-corrected chi connectivity index (χ1v) is 9.65. The van der Waals surface area contributed by atoms with Crippen molar-refractivity contribution in [3.8, 4) is 0 Å². The quantitative estimate of drug-likeness (QED) is 0.832. The molecule has 0 aliphatic carbocycles. The van der Waals surface area contributed by atoms with Crippen LogP contribution in [0.15, 0.2) is 47.4 Å². The SMILES string of the molecule is Cc1ccc(S(=O)(=O)N2CCOC(c3ccccc3Cl)C2)c(C)c1. The monoisotopic (exact) mass is 365 g/mol. The molecule has 0 amide bonds. The highest BCUT2D eigenvalue weighted by atomic mass is 35.5. The van der Waals surface area contributed by atoms with Gasteiger partial charge in [-0.05, 0) is 31.5 Å². The molecular weight excluding hydrogens is 346 g/mol. The van der Waals surface area contributed by atoms with Crippen molar-refractivity contribution in [1.82, 2.24) is 4.31 Å². The Morgan fingerprint density at radius 3 is 2.62 bits per heavy atom. The average molecular weight is 366 g/mol. The van der Waals surface area contributed by atoms with Crippen LogP contribution < -0.4 is 0 Å². The van der Waals surface area contributed by atoms with Gasteiger partial charge in [-0.3, -0.25) is 0 Å². The van der Waals surface area contributed by atoms with E-state index in [9.17, 15) is 8.42 Å². The Bertz CT molecular complexity index is 851. The first kappa shape index (κ1) is 17.4. The van der Waals surface area contributed by atoms with Crippen LogP contribution in [0.5, 0.6) is 0 Å². The van der Waals surface area contributed by atoms with Crippen LogP contribution in [-0.2, 0) is 14.8 Å². The van der Waals surface area contributed by atoms with Crippen LogP contribution in [-0.4, -0.2) is 32.4 Å². The van der Waals surface area contributed by atoms with E-state index in [0.29, 0.717) is 23.1 Å². The lowest BCUT2D eigenvalue weighted by molar-refractivity contribution is -0.00250. The maximum absolute atomic E-state index is 13.0. The van der Waals surface area contributed by atoms with Crippen LogP contribution in [0.3, 0.4) is 0 Å². The van der Waals surface area contributed by atoms with Crippen molar-refractivity contribution < 1.29 is 13.2 Å². The summed E-state index contributed by atoms with van der Waals surface area (Å²) in [5, 5.41) is 0.591. The maximum atomic E-state index is 13.0. The van der Waals surface area contributed by atoms with Crippen molar-refractivity contribution in [3.05, 3.63) is 64.2 Å². The second-order valence-corrected chi connectivity index (χ2v) is 8.33. The van der Waals surface area contributed by atoms with Gasteiger partial charge < -0.3 is 4.74 Å². The summed E-state index contributed by atoms with van der Waals surface area (Å²) in [4.78, 5) is 0.355. The molecule has 24 heavy (non-hydrogen) atoms. The average Bonchev–Trinajstić information content (AvgIpc) is 2.55. The largest absolute Gasteiger partial charge is 0.371 e. The van der Waals surface area contributed by atoms with E-state index in [2.05, 4.69) is 0 Å². The summed E-state index contributed by atoms with van der Waals surface area (Å²) in [6.45, 7) is 4.73. The second-order valence-electron chi connectivity index (χ2n) is 6.01. The molecule has 0 saturated carbocycles. The Hall–Kier alpha value is -1.40. The molecule has 1 unspecified atom stereocenters. The lowest BCUT2D eigenvalue weighted by Crippen LogP contribution is -2.42. The minimum Gasteiger partial charge on any atom is -0.371 e. The Balaban J connectivity index is 1.90. The van der Waals surface area contributed by atoms with Crippen molar-refractivity contribution in [2.45, 2.75) is 24.8 Å². The Kier molecular flexibility index (Phi) is 4.97. The molecule has 4 nitrogen and oxygen atoms in total. The fourth-order valence-corrected chi connectivity index (χ4v) is 4.88. The van der Waals surface area contributed by atoms with Gasteiger partial charge in [-0.25, -0.2) is 8.42 Å². The van der Waals surface area contributed by atoms with Gasteiger partial charge in [0.25, 0.3) is 0 Å². The molecule has 0 aromatic heterocycles. The molecule has 1 aliphatic rings. The lowest BCUT2D eigenvalue weighted by atomic mass is 10.1. The zero-order valence-electron chi connectivity index (χ0n) is 13.7. The predicted molar refractivity (Wildman–Crippen MR) is 94.8 cm³/mol. The molecular formula is C18H20ClNO3S. The third kappa shape index (κ3) is 3.35. The Labute approximate surface area is 148 Å². The van der Waals surface area contributed by atoms with Crippen LogP contribution in [0, 0.1) is 13.8 Å². The molecule has 1 aliphatic heterocycles. The van der Waals surface area contributed by atoms with Gasteiger partial charge in [-0.1, -0.05) is 47.5 Å². The molecule has 3 rings (SSSR count). The Morgan fingerprint density at radius 1 is 1.17 bits per heavy atom. The smallest absolute Gasteiger partial charge is 0.243 e. The molecule has 6 heteroatoms. The van der Waals surface area contributed by atoms with Gasteiger partial charge in [0.05, 0.1) is 17.6 Å². The van der Waals surface area contributed by atoms with Gasteiger partial charge in [-0.2, -0.15) is 4.31 Å². The third-order valence-electron chi connectivity index (χ3n) is 4.23. The number of ether oxygens (including phenoxy) is 1. The van der Waals surface area contributed by atoms with Crippen LogP contribution in [0.25, 0.3) is 0 Å². The lowest BCUT2D eigenvalue weighted by Gasteiger charge is -2.33. The van der Waals surface area contributed by atoms with Crippen molar-refractivity contribution >= 4 is 21.6 Å². The standard InChI is InChI=1S/C18H20ClNO3S/c1-13-7-8-18(14(2)11-13)24(21,22)20-9-10-23-17(12-20)15-5-3-4-6-16(15)19/h3-8,11,17H,9-10,12H2,1-2H3. The van der Waals surface area contributed by atoms with Crippen molar-refractivity contribution in [1.29, 1.82) is 0 Å². The third-order valence-corrected chi connectivity index (χ3v) is 6.60. The zero-order valence-corrected chi connectivity index (χ0v) is 15.3. The summed E-state index contributed by atoms with van der Waals surface area (Å²) in [5.74, 6) is 0. The number of rotatable bonds is 3. The predicted octanol–water partition coefficient (Wildman–Crippen LogP) is 3.72. The minimum atomic E-state index is -3.55. The number of aryl methyl sites for hydroxylation is 2. The van der Waals surface area contributed by atoms with E-state index >= 15 is 0 Å². The first-order chi connectivity index (χ1) is 11.4. The van der Waals surface area contributed by atoms with Gasteiger partial charge in [-0.15, -0.1) is 0 Å². The molecule has 2 aromatic carbocycles. The molecule has 0 bridgehead atoms. The number of nitrogens with zero attached hydrogens (tertiary/aromatic N) is 1. The topological polar surface area (TPSA) is 46.6 Å². The van der Waals surface area contributed by atoms with Gasteiger partial charge in [0.2, 0.25) is 10.0 Å². The van der Waals surface area contributed by atoms with Gasteiger partial charge in [0, 0.05) is 23.7 Å². The summed E-state index contributed by atoms with van der Waals surface area (Å²) >= 11 is 6.23. The van der Waals surface area contributed by atoms with E-state index in [1.54, 1.807) is 12.1 Å². The summed E-state index contributed by atoms with van der Waals surface area (Å²) in [6.07, 6.45) is -0.354. The maximum Gasteiger partial charge on any atom is 0.243 e. The number of hydrogen-bond acceptors (Lipinski definition) is 3. The zero-order chi connectivity index (χ0) is 17.3. The molecule has 128 valence electrons. The van der Waals surface area contributed by atoms with Crippen molar-refractivity contribution in [3.63, 3.8) is 0 Å². The number of benzene rings is 2. The van der Waals surface area contributed by atoms with Crippen LogP contribution in [0.2, 0.25) is 5.02 Å². The summed E-state index contributed by atoms with van der Waals surface area (Å²) in [6, 6.07) is 12.8. The molecule has 1 heterocycles. The molecule has 0 N–H and O–H groups in total. The highest BCUT2D eigenvalue weighted by Crippen LogP contribution is 2.31. The summed E-state index contributed by atoms with van der Waals surface area (Å²) < 4.78 is 33.3. The molecule has 0 radical (unpaired) electrons. The summed E-state index contributed by atoms with van der Waals surface area (Å²) in [5.41, 5.74) is 2.62. The fraction of sp³-hybridized carbons (Fsp3) is 0.333. The molecule has 1 fully saturated rings. The highest BCUT2D eigenvalue weighted by Gasteiger charge is 2.32.